The Kier molecular flexibility index (Phi) is 2.94. The maximum Gasteiger partial charge on any atom is 0.247 e. The van der Waals surface area contributed by atoms with E-state index >= 15 is 0 Å². The van der Waals surface area contributed by atoms with Gasteiger partial charge in [-0.1, -0.05) is 36.4 Å². The Bertz CT molecular complexity index is 705. The van der Waals surface area contributed by atoms with E-state index in [0.29, 0.717) is 19.4 Å². The van der Waals surface area contributed by atoms with E-state index in [0.717, 1.165) is 16.5 Å². The molecular formula is C17H16N2O. The number of anilines is 1. The summed E-state index contributed by atoms with van der Waals surface area (Å²) >= 11 is 0. The van der Waals surface area contributed by atoms with Crippen molar-refractivity contribution in [1.29, 1.82) is 5.26 Å². The summed E-state index contributed by atoms with van der Waals surface area (Å²) in [7, 11) is 0. The van der Waals surface area contributed by atoms with E-state index in [-0.39, 0.29) is 5.91 Å². The predicted octanol–water partition coefficient (Wildman–Crippen LogP) is 3.50. The summed E-state index contributed by atoms with van der Waals surface area (Å²) in [5, 5.41) is 11.4. The molecule has 0 saturated heterocycles. The monoisotopic (exact) mass is 264 g/mol. The molecule has 1 aliphatic rings. The number of rotatable bonds is 3. The quantitative estimate of drug-likeness (QED) is 0.851. The lowest BCUT2D eigenvalue weighted by Crippen LogP contribution is -2.36. The number of benzene rings is 2. The lowest BCUT2D eigenvalue weighted by Gasteiger charge is -2.24. The molecule has 100 valence electrons. The van der Waals surface area contributed by atoms with Crippen molar-refractivity contribution in [3.8, 4) is 6.07 Å². The van der Waals surface area contributed by atoms with Gasteiger partial charge in [-0.3, -0.25) is 4.79 Å². The van der Waals surface area contributed by atoms with Crippen LogP contribution >= 0.6 is 0 Å². The van der Waals surface area contributed by atoms with E-state index in [2.05, 4.69) is 6.07 Å². The minimum absolute atomic E-state index is 0.0566. The zero-order valence-corrected chi connectivity index (χ0v) is 11.5. The van der Waals surface area contributed by atoms with Crippen LogP contribution in [0.2, 0.25) is 0 Å². The number of hydrogen-bond donors (Lipinski definition) is 0. The van der Waals surface area contributed by atoms with Gasteiger partial charge in [0.15, 0.2) is 0 Å². The Morgan fingerprint density at radius 2 is 1.95 bits per heavy atom. The molecule has 1 fully saturated rings. The molecular weight excluding hydrogens is 248 g/mol. The van der Waals surface area contributed by atoms with Crippen molar-refractivity contribution in [3.05, 3.63) is 42.5 Å². The van der Waals surface area contributed by atoms with Gasteiger partial charge in [-0.25, -0.2) is 0 Å². The molecule has 0 radical (unpaired) electrons. The molecule has 0 aliphatic heterocycles. The maximum absolute atomic E-state index is 12.6. The molecule has 0 spiro atoms. The summed E-state index contributed by atoms with van der Waals surface area (Å²) < 4.78 is 0. The second-order valence-electron chi connectivity index (χ2n) is 5.24. The van der Waals surface area contributed by atoms with Crippen LogP contribution in [0.15, 0.2) is 42.5 Å². The maximum atomic E-state index is 12.6. The smallest absolute Gasteiger partial charge is 0.247 e. The van der Waals surface area contributed by atoms with Crippen LogP contribution in [0.1, 0.15) is 19.8 Å². The lowest BCUT2D eigenvalue weighted by molar-refractivity contribution is -0.121. The number of carbonyl (C=O) groups is 1. The van der Waals surface area contributed by atoms with E-state index in [4.69, 9.17) is 0 Å². The largest absolute Gasteiger partial charge is 0.311 e. The SMILES string of the molecule is CCN(C(=O)C1(C#N)CC1)c1cccc2ccccc12. The van der Waals surface area contributed by atoms with E-state index in [9.17, 15) is 10.1 Å². The highest BCUT2D eigenvalue weighted by atomic mass is 16.2. The molecule has 1 amide bonds. The number of carbonyl (C=O) groups excluding carboxylic acids is 1. The molecule has 20 heavy (non-hydrogen) atoms. The van der Waals surface area contributed by atoms with E-state index in [1.54, 1.807) is 4.90 Å². The average Bonchev–Trinajstić information content (AvgIpc) is 3.29. The van der Waals surface area contributed by atoms with Crippen LogP contribution in [0.25, 0.3) is 10.8 Å². The molecule has 0 N–H and O–H groups in total. The number of amides is 1. The van der Waals surface area contributed by atoms with Gasteiger partial charge in [-0.15, -0.1) is 0 Å². The van der Waals surface area contributed by atoms with Crippen molar-refractivity contribution in [3.63, 3.8) is 0 Å². The number of hydrogen-bond acceptors (Lipinski definition) is 2. The zero-order valence-electron chi connectivity index (χ0n) is 11.5. The van der Waals surface area contributed by atoms with Gasteiger partial charge in [0.25, 0.3) is 0 Å². The molecule has 3 rings (SSSR count). The molecule has 1 aliphatic carbocycles. The highest BCUT2D eigenvalue weighted by Gasteiger charge is 2.52. The van der Waals surface area contributed by atoms with Gasteiger partial charge in [0.1, 0.15) is 5.41 Å². The van der Waals surface area contributed by atoms with Gasteiger partial charge in [0, 0.05) is 11.9 Å². The summed E-state index contributed by atoms with van der Waals surface area (Å²) in [6, 6.07) is 16.2. The Hall–Kier alpha value is -2.34. The van der Waals surface area contributed by atoms with Gasteiger partial charge < -0.3 is 4.90 Å². The lowest BCUT2D eigenvalue weighted by atomic mass is 10.0. The van der Waals surface area contributed by atoms with Crippen LogP contribution in [-0.4, -0.2) is 12.5 Å². The van der Waals surface area contributed by atoms with Crippen LogP contribution in [0.3, 0.4) is 0 Å². The van der Waals surface area contributed by atoms with Gasteiger partial charge in [-0.2, -0.15) is 5.26 Å². The van der Waals surface area contributed by atoms with Gasteiger partial charge in [-0.05, 0) is 31.2 Å². The van der Waals surface area contributed by atoms with Crippen molar-refractivity contribution in [2.75, 3.05) is 11.4 Å². The third kappa shape index (κ3) is 1.85. The molecule has 3 nitrogen and oxygen atoms in total. The van der Waals surface area contributed by atoms with Crippen LogP contribution in [0.4, 0.5) is 5.69 Å². The molecule has 0 bridgehead atoms. The Morgan fingerprint density at radius 3 is 2.60 bits per heavy atom. The minimum atomic E-state index is -0.771. The van der Waals surface area contributed by atoms with Crippen molar-refractivity contribution < 1.29 is 4.79 Å². The third-order valence-electron chi connectivity index (χ3n) is 3.99. The second-order valence-corrected chi connectivity index (χ2v) is 5.24. The number of nitrogens with zero attached hydrogens (tertiary/aromatic N) is 2. The highest BCUT2D eigenvalue weighted by molar-refractivity contribution is 6.07. The highest BCUT2D eigenvalue weighted by Crippen LogP contribution is 2.47. The van der Waals surface area contributed by atoms with E-state index < -0.39 is 5.41 Å². The fourth-order valence-electron chi connectivity index (χ4n) is 2.62. The van der Waals surface area contributed by atoms with E-state index in [1.807, 2.05) is 49.4 Å². The predicted molar refractivity (Wildman–Crippen MR) is 79.3 cm³/mol. The van der Waals surface area contributed by atoms with Gasteiger partial charge >= 0.3 is 0 Å². The fraction of sp³-hybridized carbons (Fsp3) is 0.294. The summed E-state index contributed by atoms with van der Waals surface area (Å²) in [4.78, 5) is 14.4. The molecule has 3 heteroatoms. The van der Waals surface area contributed by atoms with Crippen molar-refractivity contribution in [2.24, 2.45) is 5.41 Å². The first-order valence-electron chi connectivity index (χ1n) is 6.93. The second kappa shape index (κ2) is 4.64. The molecule has 0 heterocycles. The van der Waals surface area contributed by atoms with Crippen LogP contribution in [-0.2, 0) is 4.79 Å². The Morgan fingerprint density at radius 1 is 1.25 bits per heavy atom. The normalized spacial score (nSPS) is 15.6. The van der Waals surface area contributed by atoms with Crippen LogP contribution in [0, 0.1) is 16.7 Å². The number of nitriles is 1. The van der Waals surface area contributed by atoms with Gasteiger partial charge in [0.2, 0.25) is 5.91 Å². The third-order valence-corrected chi connectivity index (χ3v) is 3.99. The number of fused-ring (bicyclic) bond motifs is 1. The standard InChI is InChI=1S/C17H16N2O/c1-2-19(16(20)17(12-18)10-11-17)15-9-5-7-13-6-3-4-8-14(13)15/h3-9H,2,10-11H2,1H3. The summed E-state index contributed by atoms with van der Waals surface area (Å²) in [6.07, 6.45) is 1.37. The van der Waals surface area contributed by atoms with Crippen molar-refractivity contribution in [2.45, 2.75) is 19.8 Å². The molecule has 0 unspecified atom stereocenters. The molecule has 2 aromatic carbocycles. The first-order valence-corrected chi connectivity index (χ1v) is 6.93. The Balaban J connectivity index is 2.09. The summed E-state index contributed by atoms with van der Waals surface area (Å²) in [6.45, 7) is 2.53. The van der Waals surface area contributed by atoms with Crippen LogP contribution in [0.5, 0.6) is 0 Å². The molecule has 1 saturated carbocycles. The zero-order chi connectivity index (χ0) is 14.2. The summed E-state index contributed by atoms with van der Waals surface area (Å²) in [5.41, 5.74) is 0.129. The Labute approximate surface area is 118 Å². The topological polar surface area (TPSA) is 44.1 Å². The average molecular weight is 264 g/mol. The summed E-state index contributed by atoms with van der Waals surface area (Å²) in [5.74, 6) is -0.0566. The van der Waals surface area contributed by atoms with E-state index in [1.165, 1.54) is 0 Å². The van der Waals surface area contributed by atoms with Gasteiger partial charge in [0.05, 0.1) is 11.8 Å². The fourth-order valence-corrected chi connectivity index (χ4v) is 2.62. The first kappa shape index (κ1) is 12.7. The van der Waals surface area contributed by atoms with Crippen molar-refractivity contribution >= 4 is 22.4 Å². The molecule has 2 aromatic rings. The van der Waals surface area contributed by atoms with Crippen molar-refractivity contribution in [1.82, 2.24) is 0 Å². The first-order chi connectivity index (χ1) is 9.72. The minimum Gasteiger partial charge on any atom is -0.311 e. The molecule has 0 atom stereocenters. The van der Waals surface area contributed by atoms with Crippen LogP contribution < -0.4 is 4.90 Å². The molecule has 0 aromatic heterocycles.